The Morgan fingerprint density at radius 2 is 1.20 bits per heavy atom. The molecule has 3 aliphatic rings. The maximum Gasteiger partial charge on any atom is 0.187 e. The van der Waals surface area contributed by atoms with Crippen LogP contribution in [0.2, 0.25) is 0 Å². The van der Waals surface area contributed by atoms with Gasteiger partial charge in [-0.1, -0.05) is 0 Å². The van der Waals surface area contributed by atoms with Gasteiger partial charge in [0.15, 0.2) is 18.9 Å². The fourth-order valence-corrected chi connectivity index (χ4v) is 3.44. The lowest BCUT2D eigenvalue weighted by molar-refractivity contribution is -0.376. The first kappa shape index (κ1) is 24.1. The molecule has 0 saturated carbocycles. The number of hydrogen-bond donors (Lipinski definition) is 9. The number of hydrogen-bond acceptors (Lipinski definition) is 14. The van der Waals surface area contributed by atoms with Crippen LogP contribution in [0, 0.1) is 0 Å². The van der Waals surface area contributed by atoms with E-state index >= 15 is 0 Å². The first-order valence-electron chi connectivity index (χ1n) is 9.40. The van der Waals surface area contributed by atoms with Gasteiger partial charge in [-0.3, -0.25) is 0 Å². The van der Waals surface area contributed by atoms with Crippen LogP contribution in [-0.2, 0) is 23.7 Å². The minimum absolute atomic E-state index is 0.347. The largest absolute Gasteiger partial charge is 0.394 e. The van der Waals surface area contributed by atoms with Gasteiger partial charge >= 0.3 is 0 Å². The van der Waals surface area contributed by atoms with E-state index in [2.05, 4.69) is 0 Å². The van der Waals surface area contributed by atoms with E-state index in [0.29, 0.717) is 0 Å². The Bertz CT molecular complexity index is 550. The van der Waals surface area contributed by atoms with Crippen LogP contribution in [0.1, 0.15) is 0 Å². The van der Waals surface area contributed by atoms with Crippen molar-refractivity contribution in [3.05, 3.63) is 0 Å². The molecule has 3 fully saturated rings. The smallest absolute Gasteiger partial charge is 0.187 e. The third-order valence-electron chi connectivity index (χ3n) is 5.31. The Kier molecular flexibility index (Phi) is 7.97. The van der Waals surface area contributed by atoms with Gasteiger partial charge in [0.05, 0.1) is 19.8 Å². The molecule has 14 nitrogen and oxygen atoms in total. The lowest BCUT2D eigenvalue weighted by Crippen LogP contribution is -2.64. The summed E-state index contributed by atoms with van der Waals surface area (Å²) in [4.78, 5) is 0. The van der Waals surface area contributed by atoms with Gasteiger partial charge in [-0.2, -0.15) is 0 Å². The molecule has 1 unspecified atom stereocenters. The van der Waals surface area contributed by atoms with E-state index in [9.17, 15) is 46.0 Å². The van der Waals surface area contributed by atoms with Crippen LogP contribution in [0.25, 0.3) is 0 Å². The highest BCUT2D eigenvalue weighted by molar-refractivity contribution is 4.92. The van der Waals surface area contributed by atoms with Crippen molar-refractivity contribution < 1.29 is 69.6 Å². The fraction of sp³-hybridized carbons (Fsp3) is 1.00. The molecule has 3 heterocycles. The summed E-state index contributed by atoms with van der Waals surface area (Å²) >= 11 is 0. The average molecular weight is 444 g/mol. The van der Waals surface area contributed by atoms with Crippen molar-refractivity contribution in [2.24, 2.45) is 0 Å². The topological polar surface area (TPSA) is 228 Å². The quantitative estimate of drug-likeness (QED) is 0.192. The Balaban J connectivity index is 1.75. The standard InChI is InChI=1S/C16H28O14/c17-1-6-9(22)10(23)11(24)15(28-6)30-13-8(21)5(19)3-27-16(13)29-12-7(20)4(18)2-26-14(12)25/h4-25H,1-3H2/t4-,5-,6-,7+,8+,9-,10+,11-,12-,13-,14?,15+,16+/m1/s1. The average Bonchev–Trinajstić information content (AvgIpc) is 2.73. The van der Waals surface area contributed by atoms with Crippen molar-refractivity contribution in [1.29, 1.82) is 0 Å². The lowest BCUT2D eigenvalue weighted by Gasteiger charge is -2.45. The van der Waals surface area contributed by atoms with E-state index in [4.69, 9.17) is 23.7 Å². The van der Waals surface area contributed by atoms with E-state index in [0.717, 1.165) is 0 Å². The third-order valence-corrected chi connectivity index (χ3v) is 5.31. The van der Waals surface area contributed by atoms with Crippen molar-refractivity contribution in [1.82, 2.24) is 0 Å². The van der Waals surface area contributed by atoms with Gasteiger partial charge in [0.25, 0.3) is 0 Å². The lowest BCUT2D eigenvalue weighted by atomic mass is 9.98. The number of ether oxygens (including phenoxy) is 5. The predicted octanol–water partition coefficient (Wildman–Crippen LogP) is -6.29. The molecule has 0 bridgehead atoms. The van der Waals surface area contributed by atoms with E-state index < -0.39 is 93.1 Å². The van der Waals surface area contributed by atoms with Gasteiger partial charge in [-0.25, -0.2) is 0 Å². The van der Waals surface area contributed by atoms with E-state index in [-0.39, 0.29) is 6.61 Å². The van der Waals surface area contributed by atoms with Crippen molar-refractivity contribution in [2.45, 2.75) is 79.9 Å². The van der Waals surface area contributed by atoms with Gasteiger partial charge in [-0.15, -0.1) is 0 Å². The van der Waals surface area contributed by atoms with Crippen LogP contribution in [0.4, 0.5) is 0 Å². The highest BCUT2D eigenvalue weighted by Crippen LogP contribution is 2.29. The first-order chi connectivity index (χ1) is 14.1. The summed E-state index contributed by atoms with van der Waals surface area (Å²) < 4.78 is 26.2. The maximum absolute atomic E-state index is 10.3. The third kappa shape index (κ3) is 4.77. The summed E-state index contributed by atoms with van der Waals surface area (Å²) in [6.45, 7) is -1.48. The zero-order valence-corrected chi connectivity index (χ0v) is 15.7. The van der Waals surface area contributed by atoms with E-state index in [1.165, 1.54) is 0 Å². The van der Waals surface area contributed by atoms with Crippen LogP contribution < -0.4 is 0 Å². The Hall–Kier alpha value is -0.560. The summed E-state index contributed by atoms with van der Waals surface area (Å²) in [7, 11) is 0. The molecule has 0 aromatic rings. The van der Waals surface area contributed by atoms with Crippen molar-refractivity contribution in [3.8, 4) is 0 Å². The van der Waals surface area contributed by atoms with Crippen LogP contribution in [0.15, 0.2) is 0 Å². The van der Waals surface area contributed by atoms with Gasteiger partial charge in [-0.05, 0) is 0 Å². The minimum atomic E-state index is -1.80. The minimum Gasteiger partial charge on any atom is -0.394 e. The van der Waals surface area contributed by atoms with Gasteiger partial charge in [0, 0.05) is 0 Å². The molecule has 3 aliphatic heterocycles. The molecular weight excluding hydrogens is 416 g/mol. The van der Waals surface area contributed by atoms with Crippen molar-refractivity contribution in [2.75, 3.05) is 19.8 Å². The Labute approximate surface area is 170 Å². The molecule has 0 spiro atoms. The zero-order chi connectivity index (χ0) is 22.2. The molecule has 30 heavy (non-hydrogen) atoms. The molecule has 3 saturated heterocycles. The fourth-order valence-electron chi connectivity index (χ4n) is 3.44. The molecule has 176 valence electrons. The molecule has 9 N–H and O–H groups in total. The number of rotatable bonds is 5. The molecule has 13 atom stereocenters. The number of aliphatic hydroxyl groups excluding tert-OH is 9. The van der Waals surface area contributed by atoms with Crippen LogP contribution in [-0.4, -0.2) is 146 Å². The van der Waals surface area contributed by atoms with Crippen LogP contribution in [0.3, 0.4) is 0 Å². The van der Waals surface area contributed by atoms with Gasteiger partial charge < -0.3 is 69.6 Å². The Morgan fingerprint density at radius 3 is 1.83 bits per heavy atom. The van der Waals surface area contributed by atoms with E-state index in [1.807, 2.05) is 0 Å². The normalized spacial score (nSPS) is 52.9. The van der Waals surface area contributed by atoms with Gasteiger partial charge in [0.1, 0.15) is 61.0 Å². The predicted molar refractivity (Wildman–Crippen MR) is 89.2 cm³/mol. The summed E-state index contributed by atoms with van der Waals surface area (Å²) in [5.41, 5.74) is 0. The molecular formula is C16H28O14. The summed E-state index contributed by atoms with van der Waals surface area (Å²) in [5.74, 6) is 0. The highest BCUT2D eigenvalue weighted by Gasteiger charge is 2.50. The second-order valence-corrected chi connectivity index (χ2v) is 7.44. The maximum atomic E-state index is 10.3. The first-order valence-corrected chi connectivity index (χ1v) is 9.40. The van der Waals surface area contributed by atoms with Gasteiger partial charge in [0.2, 0.25) is 0 Å². The molecule has 0 aliphatic carbocycles. The Morgan fingerprint density at radius 1 is 0.633 bits per heavy atom. The molecule has 3 rings (SSSR count). The zero-order valence-electron chi connectivity index (χ0n) is 15.7. The molecule has 0 amide bonds. The van der Waals surface area contributed by atoms with Crippen molar-refractivity contribution in [3.63, 3.8) is 0 Å². The SMILES string of the molecule is OC[C@H]1O[C@@H](O[C@H]2[C@H](O[C@H]3C(O)OC[C@@H](O)[C@@H]3O)OC[C@@H](O)[C@@H]2O)[C@H](O)[C@@H](O)[C@@H]1O. The highest BCUT2D eigenvalue weighted by atomic mass is 16.8. The van der Waals surface area contributed by atoms with Crippen LogP contribution >= 0.6 is 0 Å². The molecule has 0 aromatic carbocycles. The molecule has 0 aromatic heterocycles. The molecule has 0 radical (unpaired) electrons. The monoisotopic (exact) mass is 444 g/mol. The second kappa shape index (κ2) is 9.93. The summed E-state index contributed by atoms with van der Waals surface area (Å²) in [6, 6.07) is 0. The van der Waals surface area contributed by atoms with Crippen molar-refractivity contribution >= 4 is 0 Å². The summed E-state index contributed by atoms with van der Waals surface area (Å²) in [5, 5.41) is 89.0. The number of aliphatic hydroxyl groups is 9. The second-order valence-electron chi connectivity index (χ2n) is 7.44. The summed E-state index contributed by atoms with van der Waals surface area (Å²) in [6.07, 6.45) is -20.5. The molecule has 14 heteroatoms. The van der Waals surface area contributed by atoms with Crippen LogP contribution in [0.5, 0.6) is 0 Å². The van der Waals surface area contributed by atoms with E-state index in [1.54, 1.807) is 0 Å².